The zero-order valence-corrected chi connectivity index (χ0v) is 13.3. The van der Waals surface area contributed by atoms with Gasteiger partial charge in [-0.3, -0.25) is 0 Å². The van der Waals surface area contributed by atoms with E-state index in [2.05, 4.69) is 0 Å². The summed E-state index contributed by atoms with van der Waals surface area (Å²) in [4.78, 5) is 0. The fourth-order valence-corrected chi connectivity index (χ4v) is 3.14. The highest BCUT2D eigenvalue weighted by atomic mass is 35.5. The minimum Gasteiger partial charge on any atom is -0.490 e. The molecule has 1 atom stereocenters. The van der Waals surface area contributed by atoms with Gasteiger partial charge in [0.25, 0.3) is 0 Å². The fourth-order valence-electron chi connectivity index (χ4n) is 2.69. The van der Waals surface area contributed by atoms with Gasteiger partial charge in [-0.25, -0.2) is 0 Å². The monoisotopic (exact) mass is 306 g/mol. The maximum Gasteiger partial charge on any atom is 0.161 e. The Labute approximate surface area is 129 Å². The Kier molecular flexibility index (Phi) is 3.85. The maximum atomic E-state index is 6.68. The molecular weight excluding hydrogens is 288 g/mol. The van der Waals surface area contributed by atoms with E-state index in [-0.39, 0.29) is 5.38 Å². The molecule has 3 rings (SSSR count). The highest BCUT2D eigenvalue weighted by molar-refractivity contribution is 6.22. The van der Waals surface area contributed by atoms with Crippen molar-refractivity contribution < 1.29 is 13.9 Å². The Morgan fingerprint density at radius 3 is 2.38 bits per heavy atom. The van der Waals surface area contributed by atoms with E-state index in [0.717, 1.165) is 46.1 Å². The topological polar surface area (TPSA) is 31.6 Å². The first-order valence-electron chi connectivity index (χ1n) is 7.18. The number of halogens is 1. The van der Waals surface area contributed by atoms with Crippen LogP contribution < -0.4 is 9.47 Å². The van der Waals surface area contributed by atoms with Crippen molar-refractivity contribution >= 4 is 11.6 Å². The molecule has 1 aliphatic heterocycles. The molecule has 0 saturated carbocycles. The zero-order chi connectivity index (χ0) is 15.0. The van der Waals surface area contributed by atoms with Crippen LogP contribution in [0.2, 0.25) is 0 Å². The normalized spacial score (nSPS) is 15.6. The standard InChI is InChI=1S/C17H19ClO3/c1-10-11(2)21-12(3)16(10)17(18)13-5-6-14-15(9-13)20-8-4-7-19-14/h5-6,9,17H,4,7-8H2,1-3H3. The number of furan rings is 1. The number of fused-ring (bicyclic) bond motifs is 1. The lowest BCUT2D eigenvalue weighted by Gasteiger charge is -2.14. The van der Waals surface area contributed by atoms with Crippen LogP contribution in [0.25, 0.3) is 0 Å². The van der Waals surface area contributed by atoms with Gasteiger partial charge in [0, 0.05) is 12.0 Å². The van der Waals surface area contributed by atoms with Crippen LogP contribution in [0.15, 0.2) is 22.6 Å². The molecule has 3 nitrogen and oxygen atoms in total. The smallest absolute Gasteiger partial charge is 0.161 e. The lowest BCUT2D eigenvalue weighted by atomic mass is 10.0. The SMILES string of the molecule is Cc1oc(C)c(C(Cl)c2ccc3c(c2)OCCCO3)c1C. The molecule has 0 spiro atoms. The average Bonchev–Trinajstić information content (AvgIpc) is 2.66. The second-order valence-electron chi connectivity index (χ2n) is 5.37. The predicted molar refractivity (Wildman–Crippen MR) is 82.7 cm³/mol. The summed E-state index contributed by atoms with van der Waals surface area (Å²) in [7, 11) is 0. The Morgan fingerprint density at radius 2 is 1.71 bits per heavy atom. The van der Waals surface area contributed by atoms with Gasteiger partial charge in [0.1, 0.15) is 11.5 Å². The Morgan fingerprint density at radius 1 is 1.00 bits per heavy atom. The second kappa shape index (κ2) is 5.64. The van der Waals surface area contributed by atoms with Crippen LogP contribution in [0.4, 0.5) is 0 Å². The number of hydrogen-bond donors (Lipinski definition) is 0. The van der Waals surface area contributed by atoms with Crippen LogP contribution in [0.5, 0.6) is 11.5 Å². The van der Waals surface area contributed by atoms with E-state index in [9.17, 15) is 0 Å². The summed E-state index contributed by atoms with van der Waals surface area (Å²) >= 11 is 6.68. The zero-order valence-electron chi connectivity index (χ0n) is 12.5. The van der Waals surface area contributed by atoms with Gasteiger partial charge in [-0.15, -0.1) is 11.6 Å². The lowest BCUT2D eigenvalue weighted by molar-refractivity contribution is 0.297. The molecule has 112 valence electrons. The number of aryl methyl sites for hydroxylation is 2. The van der Waals surface area contributed by atoms with Crippen LogP contribution in [-0.4, -0.2) is 13.2 Å². The van der Waals surface area contributed by atoms with Crippen LogP contribution in [0, 0.1) is 20.8 Å². The minimum atomic E-state index is -0.250. The van der Waals surface area contributed by atoms with E-state index in [1.807, 2.05) is 39.0 Å². The van der Waals surface area contributed by atoms with Crippen LogP contribution >= 0.6 is 11.6 Å². The van der Waals surface area contributed by atoms with Crippen molar-refractivity contribution in [2.75, 3.05) is 13.2 Å². The molecule has 0 bridgehead atoms. The molecule has 21 heavy (non-hydrogen) atoms. The van der Waals surface area contributed by atoms with E-state index >= 15 is 0 Å². The Hall–Kier alpha value is -1.61. The quantitative estimate of drug-likeness (QED) is 0.754. The van der Waals surface area contributed by atoms with E-state index in [4.69, 9.17) is 25.5 Å². The summed E-state index contributed by atoms with van der Waals surface area (Å²) in [5.41, 5.74) is 3.15. The van der Waals surface area contributed by atoms with Crippen molar-refractivity contribution in [3.63, 3.8) is 0 Å². The molecule has 1 aromatic carbocycles. The van der Waals surface area contributed by atoms with E-state index in [1.54, 1.807) is 0 Å². The van der Waals surface area contributed by atoms with Gasteiger partial charge in [-0.05, 0) is 44.0 Å². The van der Waals surface area contributed by atoms with Gasteiger partial charge in [0.05, 0.1) is 18.6 Å². The van der Waals surface area contributed by atoms with Crippen molar-refractivity contribution in [1.82, 2.24) is 0 Å². The molecular formula is C17H19ClO3. The third-order valence-electron chi connectivity index (χ3n) is 3.94. The molecule has 4 heteroatoms. The molecule has 0 N–H and O–H groups in total. The number of rotatable bonds is 2. The van der Waals surface area contributed by atoms with E-state index in [1.165, 1.54) is 0 Å². The first-order chi connectivity index (χ1) is 10.1. The second-order valence-corrected chi connectivity index (χ2v) is 5.81. The van der Waals surface area contributed by atoms with Crippen LogP contribution in [0.1, 0.15) is 40.0 Å². The third-order valence-corrected chi connectivity index (χ3v) is 4.41. The van der Waals surface area contributed by atoms with Crippen molar-refractivity contribution in [2.45, 2.75) is 32.6 Å². The summed E-state index contributed by atoms with van der Waals surface area (Å²) in [6.45, 7) is 7.32. The molecule has 1 unspecified atom stereocenters. The number of ether oxygens (including phenoxy) is 2. The minimum absolute atomic E-state index is 0.250. The fraction of sp³-hybridized carbons (Fsp3) is 0.412. The number of benzene rings is 1. The lowest BCUT2D eigenvalue weighted by Crippen LogP contribution is -1.98. The summed E-state index contributed by atoms with van der Waals surface area (Å²) in [5.74, 6) is 3.35. The first-order valence-corrected chi connectivity index (χ1v) is 7.61. The van der Waals surface area contributed by atoms with Crippen molar-refractivity contribution in [3.8, 4) is 11.5 Å². The van der Waals surface area contributed by atoms with Crippen LogP contribution in [0.3, 0.4) is 0 Å². The van der Waals surface area contributed by atoms with E-state index in [0.29, 0.717) is 13.2 Å². The molecule has 0 fully saturated rings. The van der Waals surface area contributed by atoms with Gasteiger partial charge in [-0.2, -0.15) is 0 Å². The van der Waals surface area contributed by atoms with Gasteiger partial charge in [0.15, 0.2) is 11.5 Å². The molecule has 2 heterocycles. The maximum absolute atomic E-state index is 6.68. The largest absolute Gasteiger partial charge is 0.490 e. The summed E-state index contributed by atoms with van der Waals surface area (Å²) in [6.07, 6.45) is 0.896. The molecule has 0 radical (unpaired) electrons. The number of alkyl halides is 1. The molecule has 1 aromatic heterocycles. The molecule has 0 amide bonds. The van der Waals surface area contributed by atoms with Crippen LogP contribution in [-0.2, 0) is 0 Å². The molecule has 0 saturated heterocycles. The van der Waals surface area contributed by atoms with Crippen molar-refractivity contribution in [2.24, 2.45) is 0 Å². The van der Waals surface area contributed by atoms with Gasteiger partial charge >= 0.3 is 0 Å². The van der Waals surface area contributed by atoms with Crippen molar-refractivity contribution in [1.29, 1.82) is 0 Å². The van der Waals surface area contributed by atoms with Gasteiger partial charge in [-0.1, -0.05) is 6.07 Å². The highest BCUT2D eigenvalue weighted by Gasteiger charge is 2.22. The first kappa shape index (κ1) is 14.3. The predicted octanol–water partition coefficient (Wildman–Crippen LogP) is 4.69. The summed E-state index contributed by atoms with van der Waals surface area (Å²) < 4.78 is 17.1. The third kappa shape index (κ3) is 2.62. The molecule has 2 aromatic rings. The van der Waals surface area contributed by atoms with E-state index < -0.39 is 0 Å². The summed E-state index contributed by atoms with van der Waals surface area (Å²) in [6, 6.07) is 5.90. The molecule has 0 aliphatic carbocycles. The Balaban J connectivity index is 1.98. The average molecular weight is 307 g/mol. The summed E-state index contributed by atoms with van der Waals surface area (Å²) in [5, 5.41) is -0.250. The van der Waals surface area contributed by atoms with Crippen molar-refractivity contribution in [3.05, 3.63) is 46.4 Å². The number of hydrogen-bond acceptors (Lipinski definition) is 3. The van der Waals surface area contributed by atoms with Gasteiger partial charge in [0.2, 0.25) is 0 Å². The highest BCUT2D eigenvalue weighted by Crippen LogP contribution is 2.39. The molecule has 1 aliphatic rings. The Bertz CT molecular complexity index is 660. The van der Waals surface area contributed by atoms with Gasteiger partial charge < -0.3 is 13.9 Å².